The third-order valence-electron chi connectivity index (χ3n) is 7.96. The second kappa shape index (κ2) is 11.4. The Bertz CT molecular complexity index is 1410. The summed E-state index contributed by atoms with van der Waals surface area (Å²) >= 11 is 0. The molecule has 6 nitrogen and oxygen atoms in total. The molecule has 1 saturated heterocycles. The number of benzene rings is 3. The highest BCUT2D eigenvalue weighted by Gasteiger charge is 2.32. The lowest BCUT2D eigenvalue weighted by atomic mass is 9.90. The monoisotopic (exact) mass is 531 g/mol. The van der Waals surface area contributed by atoms with Crippen molar-refractivity contribution in [2.24, 2.45) is 5.92 Å². The summed E-state index contributed by atoms with van der Waals surface area (Å²) in [4.78, 5) is 15.8. The number of nitrogens with zero attached hydrogens (tertiary/aromatic N) is 1. The SMILES string of the molecule is Cc1ccccc1C(=O)Nc1ccc(S(=O)(=O)N[C@H]2CCN(Cc3ccccc3)CC2C)c2c1CCCC2. The zero-order valence-electron chi connectivity index (χ0n) is 22.2. The molecule has 0 spiro atoms. The first-order chi connectivity index (χ1) is 18.3. The number of nitrogens with one attached hydrogen (secondary N) is 2. The molecule has 3 aromatic carbocycles. The number of aryl methyl sites for hydroxylation is 1. The molecular formula is C31H37N3O3S. The van der Waals surface area contributed by atoms with Crippen LogP contribution in [0.25, 0.3) is 0 Å². The minimum atomic E-state index is -3.70. The zero-order chi connectivity index (χ0) is 26.7. The van der Waals surface area contributed by atoms with Crippen molar-refractivity contribution in [1.82, 2.24) is 9.62 Å². The van der Waals surface area contributed by atoms with Crippen molar-refractivity contribution in [2.75, 3.05) is 18.4 Å². The van der Waals surface area contributed by atoms with Crippen LogP contribution < -0.4 is 10.0 Å². The fourth-order valence-corrected chi connectivity index (χ4v) is 7.55. The van der Waals surface area contributed by atoms with Crippen molar-refractivity contribution in [3.63, 3.8) is 0 Å². The van der Waals surface area contributed by atoms with Crippen LogP contribution in [0, 0.1) is 12.8 Å². The van der Waals surface area contributed by atoms with E-state index in [9.17, 15) is 13.2 Å². The molecule has 1 amide bonds. The van der Waals surface area contributed by atoms with Crippen LogP contribution in [-0.4, -0.2) is 38.4 Å². The molecule has 0 aromatic heterocycles. The van der Waals surface area contributed by atoms with Crippen molar-refractivity contribution < 1.29 is 13.2 Å². The van der Waals surface area contributed by atoms with Crippen LogP contribution in [-0.2, 0) is 29.4 Å². The molecule has 2 aliphatic rings. The van der Waals surface area contributed by atoms with E-state index >= 15 is 0 Å². The van der Waals surface area contributed by atoms with Gasteiger partial charge < -0.3 is 5.32 Å². The number of hydrogen-bond donors (Lipinski definition) is 2. The Morgan fingerprint density at radius 3 is 2.39 bits per heavy atom. The van der Waals surface area contributed by atoms with Crippen LogP contribution in [0.4, 0.5) is 5.69 Å². The third kappa shape index (κ3) is 5.85. The lowest BCUT2D eigenvalue weighted by molar-refractivity contribution is 0.102. The number of likely N-dealkylation sites (tertiary alicyclic amines) is 1. The molecule has 1 heterocycles. The smallest absolute Gasteiger partial charge is 0.255 e. The lowest BCUT2D eigenvalue weighted by Gasteiger charge is -2.37. The molecule has 1 aliphatic carbocycles. The van der Waals surface area contributed by atoms with Crippen molar-refractivity contribution in [1.29, 1.82) is 0 Å². The van der Waals surface area contributed by atoms with Gasteiger partial charge in [-0.15, -0.1) is 0 Å². The summed E-state index contributed by atoms with van der Waals surface area (Å²) in [6, 6.07) is 21.2. The van der Waals surface area contributed by atoms with E-state index in [1.165, 1.54) is 5.56 Å². The van der Waals surface area contributed by atoms with Gasteiger partial charge in [-0.25, -0.2) is 13.1 Å². The molecule has 3 aromatic rings. The van der Waals surface area contributed by atoms with Gasteiger partial charge in [-0.3, -0.25) is 9.69 Å². The summed E-state index contributed by atoms with van der Waals surface area (Å²) in [5.41, 5.74) is 5.33. The number of carbonyl (C=O) groups excluding carboxylic acids is 1. The topological polar surface area (TPSA) is 78.5 Å². The van der Waals surface area contributed by atoms with Gasteiger partial charge in [-0.05, 0) is 85.4 Å². The van der Waals surface area contributed by atoms with Gasteiger partial charge in [-0.2, -0.15) is 0 Å². The number of piperidine rings is 1. The Morgan fingerprint density at radius 1 is 0.947 bits per heavy atom. The summed E-state index contributed by atoms with van der Waals surface area (Å²) in [6.07, 6.45) is 4.16. The van der Waals surface area contributed by atoms with Crippen molar-refractivity contribution in [2.45, 2.75) is 63.4 Å². The maximum Gasteiger partial charge on any atom is 0.255 e. The quantitative estimate of drug-likeness (QED) is 0.433. The normalized spacial score (nSPS) is 20.1. The van der Waals surface area contributed by atoms with Gasteiger partial charge in [0, 0.05) is 36.9 Å². The fraction of sp³-hybridized carbons (Fsp3) is 0.387. The molecule has 2 atom stereocenters. The van der Waals surface area contributed by atoms with Crippen LogP contribution >= 0.6 is 0 Å². The molecule has 1 fully saturated rings. The highest BCUT2D eigenvalue weighted by atomic mass is 32.2. The number of carbonyl (C=O) groups is 1. The summed E-state index contributed by atoms with van der Waals surface area (Å²) < 4.78 is 30.4. The molecular weight excluding hydrogens is 494 g/mol. The molecule has 5 rings (SSSR count). The average Bonchev–Trinajstić information content (AvgIpc) is 2.91. The number of rotatable bonds is 7. The van der Waals surface area contributed by atoms with E-state index in [0.717, 1.165) is 67.7 Å². The Labute approximate surface area is 226 Å². The second-order valence-corrected chi connectivity index (χ2v) is 12.4. The standard InChI is InChI=1S/C31H37N3O3S/c1-22-10-6-7-13-25(22)31(35)32-29-16-17-30(27-15-9-8-14-26(27)29)38(36,37)33-28-18-19-34(20-23(28)2)21-24-11-4-3-5-12-24/h3-7,10-13,16-17,23,28,33H,8-9,14-15,18-21H2,1-2H3,(H,32,35)/t23?,28-/m0/s1. The summed E-state index contributed by atoms with van der Waals surface area (Å²) in [7, 11) is -3.70. The van der Waals surface area contributed by atoms with E-state index in [2.05, 4.69) is 46.1 Å². The van der Waals surface area contributed by atoms with E-state index < -0.39 is 10.0 Å². The molecule has 0 saturated carbocycles. The minimum absolute atomic E-state index is 0.105. The predicted octanol–water partition coefficient (Wildman–Crippen LogP) is 5.32. The largest absolute Gasteiger partial charge is 0.322 e. The highest BCUT2D eigenvalue weighted by molar-refractivity contribution is 7.89. The summed E-state index contributed by atoms with van der Waals surface area (Å²) in [5, 5.41) is 3.06. The van der Waals surface area contributed by atoms with Gasteiger partial charge in [0.15, 0.2) is 0 Å². The highest BCUT2D eigenvalue weighted by Crippen LogP contribution is 2.34. The van der Waals surface area contributed by atoms with Gasteiger partial charge in [0.05, 0.1) is 4.90 Å². The molecule has 2 N–H and O–H groups in total. The molecule has 1 unspecified atom stereocenters. The number of fused-ring (bicyclic) bond motifs is 1. The van der Waals surface area contributed by atoms with Crippen LogP contribution in [0.5, 0.6) is 0 Å². The maximum absolute atomic E-state index is 13.7. The number of amides is 1. The van der Waals surface area contributed by atoms with Gasteiger partial charge in [-0.1, -0.05) is 55.5 Å². The Hall–Kier alpha value is -3.00. The fourth-order valence-electron chi connectivity index (χ4n) is 5.88. The maximum atomic E-state index is 13.7. The van der Waals surface area contributed by atoms with Crippen molar-refractivity contribution in [3.05, 3.63) is 94.5 Å². The molecule has 200 valence electrons. The van der Waals surface area contributed by atoms with E-state index in [0.29, 0.717) is 16.9 Å². The second-order valence-electron chi connectivity index (χ2n) is 10.8. The first-order valence-electron chi connectivity index (χ1n) is 13.6. The number of hydrogen-bond acceptors (Lipinski definition) is 4. The lowest BCUT2D eigenvalue weighted by Crippen LogP contribution is -2.49. The molecule has 38 heavy (non-hydrogen) atoms. The van der Waals surface area contributed by atoms with E-state index in [1.54, 1.807) is 12.1 Å². The Balaban J connectivity index is 1.32. The summed E-state index contributed by atoms with van der Waals surface area (Å²) in [5.74, 6) is 0.0337. The van der Waals surface area contributed by atoms with Gasteiger partial charge >= 0.3 is 0 Å². The number of sulfonamides is 1. The van der Waals surface area contributed by atoms with Crippen molar-refractivity contribution in [3.8, 4) is 0 Å². The van der Waals surface area contributed by atoms with Gasteiger partial charge in [0.2, 0.25) is 10.0 Å². The number of anilines is 1. The predicted molar refractivity (Wildman–Crippen MR) is 152 cm³/mol. The Kier molecular flexibility index (Phi) is 7.98. The molecule has 0 radical (unpaired) electrons. The van der Waals surface area contributed by atoms with Crippen LogP contribution in [0.1, 0.15) is 58.8 Å². The van der Waals surface area contributed by atoms with E-state index in [-0.39, 0.29) is 17.9 Å². The first-order valence-corrected chi connectivity index (χ1v) is 15.1. The van der Waals surface area contributed by atoms with Gasteiger partial charge in [0.1, 0.15) is 0 Å². The molecule has 7 heteroatoms. The minimum Gasteiger partial charge on any atom is -0.322 e. The molecule has 1 aliphatic heterocycles. The zero-order valence-corrected chi connectivity index (χ0v) is 23.1. The third-order valence-corrected chi connectivity index (χ3v) is 9.54. The van der Waals surface area contributed by atoms with Crippen molar-refractivity contribution >= 4 is 21.6 Å². The average molecular weight is 532 g/mol. The van der Waals surface area contributed by atoms with E-state index in [1.807, 2.05) is 37.3 Å². The first kappa shape index (κ1) is 26.6. The van der Waals surface area contributed by atoms with Gasteiger partial charge in [0.25, 0.3) is 5.91 Å². The summed E-state index contributed by atoms with van der Waals surface area (Å²) in [6.45, 7) is 6.63. The van der Waals surface area contributed by atoms with E-state index in [4.69, 9.17) is 0 Å². The Morgan fingerprint density at radius 2 is 1.66 bits per heavy atom. The van der Waals surface area contributed by atoms with Crippen LogP contribution in [0.15, 0.2) is 71.6 Å². The molecule has 0 bridgehead atoms. The van der Waals surface area contributed by atoms with Crippen LogP contribution in [0.3, 0.4) is 0 Å². The van der Waals surface area contributed by atoms with Crippen LogP contribution in [0.2, 0.25) is 0 Å².